The van der Waals surface area contributed by atoms with E-state index in [1.54, 1.807) is 12.7 Å². The Balaban J connectivity index is 1.27. The van der Waals surface area contributed by atoms with Gasteiger partial charge < -0.3 is 19.1 Å². The summed E-state index contributed by atoms with van der Waals surface area (Å²) in [7, 11) is 0. The lowest BCUT2D eigenvalue weighted by atomic mass is 9.77. The van der Waals surface area contributed by atoms with Crippen LogP contribution in [-0.4, -0.2) is 59.4 Å². The number of fused-ring (bicyclic) bond motifs is 2. The first-order valence-electron chi connectivity index (χ1n) is 9.89. The quantitative estimate of drug-likeness (QED) is 0.741. The number of hydrogen-bond acceptors (Lipinski definition) is 5. The Hall–Kier alpha value is -2.74. The molecule has 8 heteroatoms. The van der Waals surface area contributed by atoms with E-state index >= 15 is 0 Å². The minimum atomic E-state index is -0.411. The molecule has 5 rings (SSSR count). The summed E-state index contributed by atoms with van der Waals surface area (Å²) in [6.07, 6.45) is 6.76. The molecule has 0 radical (unpaired) electrons. The fourth-order valence-electron chi connectivity index (χ4n) is 4.87. The summed E-state index contributed by atoms with van der Waals surface area (Å²) in [6, 6.07) is 8.05. The highest BCUT2D eigenvalue weighted by molar-refractivity contribution is 5.76. The zero-order chi connectivity index (χ0) is 19.1. The molecule has 3 heterocycles. The van der Waals surface area contributed by atoms with Gasteiger partial charge in [-0.05, 0) is 36.8 Å². The summed E-state index contributed by atoms with van der Waals surface area (Å²) in [5.41, 5.74) is 2.01. The first kappa shape index (κ1) is 17.4. The average molecular weight is 380 g/mol. The minimum absolute atomic E-state index is 0.0146. The predicted molar refractivity (Wildman–Crippen MR) is 102 cm³/mol. The SMILES string of the molecule is O=C(CCn1cnnc1)N1C[C@H]2C[C@@H](n3cnc4ccccc43)[C@H](O)C[C@H]2C1. The zero-order valence-corrected chi connectivity index (χ0v) is 15.6. The Morgan fingerprint density at radius 3 is 2.64 bits per heavy atom. The van der Waals surface area contributed by atoms with E-state index in [1.807, 2.05) is 34.0 Å². The number of nitrogens with zero attached hydrogens (tertiary/aromatic N) is 6. The van der Waals surface area contributed by atoms with Gasteiger partial charge in [-0.3, -0.25) is 4.79 Å². The second-order valence-electron chi connectivity index (χ2n) is 8.02. The van der Waals surface area contributed by atoms with Crippen molar-refractivity contribution in [1.82, 2.24) is 29.2 Å². The summed E-state index contributed by atoms with van der Waals surface area (Å²) in [6.45, 7) is 2.13. The topological polar surface area (TPSA) is 89.1 Å². The fourth-order valence-corrected chi connectivity index (χ4v) is 4.87. The number of carbonyl (C=O) groups is 1. The maximum Gasteiger partial charge on any atom is 0.224 e. The molecule has 2 fully saturated rings. The normalized spacial score (nSPS) is 27.2. The lowest BCUT2D eigenvalue weighted by Crippen LogP contribution is -2.36. The summed E-state index contributed by atoms with van der Waals surface area (Å²) in [5.74, 6) is 0.968. The average Bonchev–Trinajstić information content (AvgIpc) is 3.44. The van der Waals surface area contributed by atoms with Gasteiger partial charge in [0.2, 0.25) is 5.91 Å². The van der Waals surface area contributed by atoms with E-state index in [1.165, 1.54) is 0 Å². The Labute approximate surface area is 162 Å². The molecule has 1 saturated heterocycles. The van der Waals surface area contributed by atoms with E-state index in [2.05, 4.69) is 25.8 Å². The predicted octanol–water partition coefficient (Wildman–Crippen LogP) is 1.49. The van der Waals surface area contributed by atoms with Crippen molar-refractivity contribution in [2.45, 2.75) is 38.0 Å². The van der Waals surface area contributed by atoms with Crippen LogP contribution in [0.1, 0.15) is 25.3 Å². The molecule has 1 amide bonds. The molecular weight excluding hydrogens is 356 g/mol. The van der Waals surface area contributed by atoms with Crippen LogP contribution in [0.2, 0.25) is 0 Å². The molecule has 2 aromatic heterocycles. The highest BCUT2D eigenvalue weighted by Gasteiger charge is 2.43. The van der Waals surface area contributed by atoms with E-state index in [0.717, 1.165) is 37.0 Å². The van der Waals surface area contributed by atoms with Gasteiger partial charge in [-0.25, -0.2) is 4.98 Å². The van der Waals surface area contributed by atoms with Crippen LogP contribution in [0.4, 0.5) is 0 Å². The largest absolute Gasteiger partial charge is 0.391 e. The number of imidazole rings is 1. The van der Waals surface area contributed by atoms with Crippen LogP contribution >= 0.6 is 0 Å². The third kappa shape index (κ3) is 3.07. The van der Waals surface area contributed by atoms with Gasteiger partial charge >= 0.3 is 0 Å². The molecule has 1 aliphatic carbocycles. The Morgan fingerprint density at radius 2 is 1.82 bits per heavy atom. The number of likely N-dealkylation sites (tertiary alicyclic amines) is 1. The first-order chi connectivity index (χ1) is 13.7. The number of aryl methyl sites for hydroxylation is 1. The highest BCUT2D eigenvalue weighted by Crippen LogP contribution is 2.42. The third-order valence-electron chi connectivity index (χ3n) is 6.35. The lowest BCUT2D eigenvalue weighted by Gasteiger charge is -2.36. The molecule has 28 heavy (non-hydrogen) atoms. The van der Waals surface area contributed by atoms with Crippen molar-refractivity contribution in [3.63, 3.8) is 0 Å². The monoisotopic (exact) mass is 380 g/mol. The van der Waals surface area contributed by atoms with Crippen molar-refractivity contribution in [1.29, 1.82) is 0 Å². The van der Waals surface area contributed by atoms with E-state index in [-0.39, 0.29) is 11.9 Å². The molecule has 3 aromatic rings. The van der Waals surface area contributed by atoms with Crippen molar-refractivity contribution in [2.24, 2.45) is 11.8 Å². The van der Waals surface area contributed by atoms with Gasteiger partial charge in [-0.2, -0.15) is 0 Å². The van der Waals surface area contributed by atoms with Crippen LogP contribution in [0.15, 0.2) is 43.2 Å². The minimum Gasteiger partial charge on any atom is -0.391 e. The number of para-hydroxylation sites is 2. The van der Waals surface area contributed by atoms with Crippen molar-refractivity contribution in [3.8, 4) is 0 Å². The van der Waals surface area contributed by atoms with Gasteiger partial charge in [0, 0.05) is 26.1 Å². The molecule has 1 aliphatic heterocycles. The molecular formula is C20H24N6O2. The molecule has 8 nitrogen and oxygen atoms in total. The second-order valence-corrected chi connectivity index (χ2v) is 8.02. The maximum absolute atomic E-state index is 12.6. The number of benzene rings is 1. The van der Waals surface area contributed by atoms with E-state index in [9.17, 15) is 9.90 Å². The van der Waals surface area contributed by atoms with Gasteiger partial charge in [0.05, 0.1) is 29.5 Å². The summed E-state index contributed by atoms with van der Waals surface area (Å²) < 4.78 is 3.94. The van der Waals surface area contributed by atoms with Crippen LogP contribution in [-0.2, 0) is 11.3 Å². The standard InChI is InChI=1S/C20H24N6O2/c27-19-8-15-10-25(20(28)5-6-24-12-22-23-13-24)9-14(15)7-18(19)26-11-21-16-3-1-2-4-17(16)26/h1-4,11-15,18-19,27H,5-10H2/t14-,15+,18-,19-/m1/s1. The molecule has 4 atom stereocenters. The van der Waals surface area contributed by atoms with Crippen LogP contribution in [0.3, 0.4) is 0 Å². The molecule has 146 valence electrons. The Morgan fingerprint density at radius 1 is 1.07 bits per heavy atom. The lowest BCUT2D eigenvalue weighted by molar-refractivity contribution is -0.130. The third-order valence-corrected chi connectivity index (χ3v) is 6.35. The number of aliphatic hydroxyl groups excluding tert-OH is 1. The van der Waals surface area contributed by atoms with Crippen LogP contribution in [0.25, 0.3) is 11.0 Å². The maximum atomic E-state index is 12.6. The van der Waals surface area contributed by atoms with Gasteiger partial charge in [0.15, 0.2) is 0 Å². The first-order valence-corrected chi connectivity index (χ1v) is 9.89. The molecule has 1 N–H and O–H groups in total. The Kier molecular flexibility index (Phi) is 4.35. The second kappa shape index (κ2) is 7.01. The number of rotatable bonds is 4. The van der Waals surface area contributed by atoms with Crippen molar-refractivity contribution in [2.75, 3.05) is 13.1 Å². The van der Waals surface area contributed by atoms with E-state index in [0.29, 0.717) is 24.8 Å². The van der Waals surface area contributed by atoms with Crippen LogP contribution in [0.5, 0.6) is 0 Å². The fraction of sp³-hybridized carbons (Fsp3) is 0.500. The summed E-state index contributed by atoms with van der Waals surface area (Å²) in [5, 5.41) is 18.4. The molecule has 0 spiro atoms. The molecule has 1 aromatic carbocycles. The van der Waals surface area contributed by atoms with Gasteiger partial charge in [-0.1, -0.05) is 12.1 Å². The molecule has 0 unspecified atom stereocenters. The van der Waals surface area contributed by atoms with Crippen molar-refractivity contribution >= 4 is 16.9 Å². The summed E-state index contributed by atoms with van der Waals surface area (Å²) in [4.78, 5) is 19.1. The highest BCUT2D eigenvalue weighted by atomic mass is 16.3. The number of carbonyl (C=O) groups excluding carboxylic acids is 1. The van der Waals surface area contributed by atoms with Crippen LogP contribution < -0.4 is 0 Å². The van der Waals surface area contributed by atoms with E-state index in [4.69, 9.17) is 0 Å². The molecule has 0 bridgehead atoms. The van der Waals surface area contributed by atoms with Gasteiger partial charge in [0.25, 0.3) is 0 Å². The number of amides is 1. The van der Waals surface area contributed by atoms with Gasteiger partial charge in [-0.15, -0.1) is 10.2 Å². The molecule has 1 saturated carbocycles. The number of hydrogen-bond donors (Lipinski definition) is 1. The van der Waals surface area contributed by atoms with E-state index < -0.39 is 6.10 Å². The van der Waals surface area contributed by atoms with Gasteiger partial charge in [0.1, 0.15) is 12.7 Å². The molecule has 2 aliphatic rings. The zero-order valence-electron chi connectivity index (χ0n) is 15.6. The Bertz CT molecular complexity index is 968. The summed E-state index contributed by atoms with van der Waals surface area (Å²) >= 11 is 0. The van der Waals surface area contributed by atoms with Crippen molar-refractivity contribution in [3.05, 3.63) is 43.2 Å². The smallest absolute Gasteiger partial charge is 0.224 e. The van der Waals surface area contributed by atoms with Crippen molar-refractivity contribution < 1.29 is 9.90 Å². The van der Waals surface area contributed by atoms with Crippen LogP contribution in [0, 0.1) is 11.8 Å². The number of aromatic nitrogens is 5. The number of aliphatic hydroxyl groups is 1.